The number of rotatable bonds is 4. The lowest BCUT2D eigenvalue weighted by atomic mass is 10.1. The molecule has 0 unspecified atom stereocenters. The Balaban J connectivity index is 2.16. The Kier molecular flexibility index (Phi) is 4.04. The van der Waals surface area contributed by atoms with Crippen molar-refractivity contribution in [1.29, 1.82) is 0 Å². The summed E-state index contributed by atoms with van der Waals surface area (Å²) >= 11 is 1.41. The minimum Gasteiger partial charge on any atom is -0.313 e. The van der Waals surface area contributed by atoms with Crippen LogP contribution in [0.2, 0.25) is 0 Å². The third-order valence-corrected chi connectivity index (χ3v) is 3.05. The van der Waals surface area contributed by atoms with Gasteiger partial charge in [-0.1, -0.05) is 30.3 Å². The van der Waals surface area contributed by atoms with E-state index in [0.717, 1.165) is 10.6 Å². The predicted molar refractivity (Wildman–Crippen MR) is 73.4 cm³/mol. The summed E-state index contributed by atoms with van der Waals surface area (Å²) in [5.74, 6) is -0.392. The van der Waals surface area contributed by atoms with E-state index in [0.29, 0.717) is 6.29 Å². The van der Waals surface area contributed by atoms with Crippen LogP contribution in [-0.2, 0) is 9.59 Å². The highest BCUT2D eigenvalue weighted by Crippen LogP contribution is 2.16. The van der Waals surface area contributed by atoms with E-state index in [4.69, 9.17) is 0 Å². The van der Waals surface area contributed by atoms with Crippen molar-refractivity contribution in [2.24, 2.45) is 0 Å². The summed E-state index contributed by atoms with van der Waals surface area (Å²) in [4.78, 5) is 22.8. The average Bonchev–Trinajstić information content (AvgIpc) is 2.90. The molecule has 1 N–H and O–H groups in total. The molecule has 4 heteroatoms. The molecule has 0 spiro atoms. The number of aldehydes is 1. The van der Waals surface area contributed by atoms with Gasteiger partial charge in [-0.05, 0) is 29.2 Å². The van der Waals surface area contributed by atoms with E-state index in [1.165, 1.54) is 11.3 Å². The van der Waals surface area contributed by atoms with Gasteiger partial charge in [0.1, 0.15) is 0 Å². The molecule has 1 aromatic carbocycles. The highest BCUT2D eigenvalue weighted by molar-refractivity contribution is 7.14. The number of nitrogens with one attached hydrogen (secondary N) is 1. The van der Waals surface area contributed by atoms with Gasteiger partial charge in [-0.15, -0.1) is 11.3 Å². The third kappa shape index (κ3) is 3.15. The van der Waals surface area contributed by atoms with Crippen LogP contribution in [0.5, 0.6) is 0 Å². The second-order valence-electron chi connectivity index (χ2n) is 3.56. The molecule has 2 aromatic rings. The first kappa shape index (κ1) is 12.3. The highest BCUT2D eigenvalue weighted by Gasteiger charge is 2.09. The van der Waals surface area contributed by atoms with Crippen molar-refractivity contribution in [2.45, 2.75) is 0 Å². The normalized spacial score (nSPS) is 11.0. The van der Waals surface area contributed by atoms with Gasteiger partial charge in [0.2, 0.25) is 0 Å². The van der Waals surface area contributed by atoms with Gasteiger partial charge < -0.3 is 5.32 Å². The van der Waals surface area contributed by atoms with Crippen LogP contribution >= 0.6 is 11.3 Å². The van der Waals surface area contributed by atoms with Crippen molar-refractivity contribution in [3.8, 4) is 0 Å². The first-order valence-electron chi connectivity index (χ1n) is 5.36. The van der Waals surface area contributed by atoms with Gasteiger partial charge in [-0.25, -0.2) is 0 Å². The highest BCUT2D eigenvalue weighted by atomic mass is 32.1. The molecule has 0 fully saturated rings. The second-order valence-corrected chi connectivity index (χ2v) is 4.51. The van der Waals surface area contributed by atoms with E-state index in [1.807, 2.05) is 41.8 Å². The molecule has 0 saturated carbocycles. The van der Waals surface area contributed by atoms with Crippen molar-refractivity contribution in [3.63, 3.8) is 0 Å². The molecular weight excluding hydrogens is 246 g/mol. The Morgan fingerprint density at radius 2 is 1.89 bits per heavy atom. The first-order chi connectivity index (χ1) is 8.79. The predicted octanol–water partition coefficient (Wildman–Crippen LogP) is 2.97. The minimum atomic E-state index is -0.392. The smallest absolute Gasteiger partial charge is 0.259 e. The minimum absolute atomic E-state index is 0.106. The molecule has 0 aliphatic carbocycles. The Hall–Kier alpha value is -2.20. The Morgan fingerprint density at radius 1 is 1.11 bits per heavy atom. The topological polar surface area (TPSA) is 46.2 Å². The van der Waals surface area contributed by atoms with Gasteiger partial charge in [0, 0.05) is 0 Å². The molecule has 18 heavy (non-hydrogen) atoms. The number of anilines is 1. The lowest BCUT2D eigenvalue weighted by Gasteiger charge is -2.01. The number of amides is 1. The maximum atomic E-state index is 11.8. The largest absolute Gasteiger partial charge is 0.313 e. The number of hydrogen-bond donors (Lipinski definition) is 1. The van der Waals surface area contributed by atoms with E-state index < -0.39 is 5.91 Å². The van der Waals surface area contributed by atoms with E-state index in [1.54, 1.807) is 12.1 Å². The molecule has 90 valence electrons. The maximum Gasteiger partial charge on any atom is 0.259 e. The Labute approximate surface area is 109 Å². The number of carbonyl (C=O) groups is 2. The summed E-state index contributed by atoms with van der Waals surface area (Å²) in [5.41, 5.74) is 0.926. The van der Waals surface area contributed by atoms with Crippen LogP contribution in [0.3, 0.4) is 0 Å². The van der Waals surface area contributed by atoms with Gasteiger partial charge >= 0.3 is 0 Å². The summed E-state index contributed by atoms with van der Waals surface area (Å²) in [7, 11) is 0. The fourth-order valence-corrected chi connectivity index (χ4v) is 2.03. The molecule has 0 aliphatic heterocycles. The van der Waals surface area contributed by atoms with Gasteiger partial charge in [0.15, 0.2) is 6.29 Å². The van der Waals surface area contributed by atoms with Crippen LogP contribution in [0.25, 0.3) is 6.08 Å². The second kappa shape index (κ2) is 5.93. The zero-order valence-corrected chi connectivity index (χ0v) is 10.3. The van der Waals surface area contributed by atoms with Crippen LogP contribution in [0, 0.1) is 0 Å². The van der Waals surface area contributed by atoms with Crippen molar-refractivity contribution in [2.75, 3.05) is 5.32 Å². The van der Waals surface area contributed by atoms with Crippen molar-refractivity contribution >= 4 is 34.6 Å². The Bertz CT molecular complexity index is 559. The molecule has 0 bridgehead atoms. The van der Waals surface area contributed by atoms with Crippen LogP contribution in [0.4, 0.5) is 5.00 Å². The monoisotopic (exact) mass is 257 g/mol. The molecule has 1 aromatic heterocycles. The van der Waals surface area contributed by atoms with E-state index in [-0.39, 0.29) is 5.57 Å². The summed E-state index contributed by atoms with van der Waals surface area (Å²) in [5, 5.41) is 5.25. The van der Waals surface area contributed by atoms with Crippen LogP contribution in [-0.4, -0.2) is 12.2 Å². The molecule has 1 heterocycles. The fraction of sp³-hybridized carbons (Fsp3) is 0. The van der Waals surface area contributed by atoms with Crippen molar-refractivity contribution in [3.05, 3.63) is 59.0 Å². The van der Waals surface area contributed by atoms with Crippen molar-refractivity contribution in [1.82, 2.24) is 0 Å². The number of carbonyl (C=O) groups excluding carboxylic acids is 2. The van der Waals surface area contributed by atoms with Gasteiger partial charge in [0.05, 0.1) is 10.6 Å². The summed E-state index contributed by atoms with van der Waals surface area (Å²) in [6.07, 6.45) is 2.13. The lowest BCUT2D eigenvalue weighted by molar-refractivity contribution is -0.115. The quantitative estimate of drug-likeness (QED) is 0.396. The third-order valence-electron chi connectivity index (χ3n) is 2.27. The molecule has 0 radical (unpaired) electrons. The van der Waals surface area contributed by atoms with Crippen LogP contribution in [0.15, 0.2) is 53.4 Å². The molecule has 1 amide bonds. The zero-order chi connectivity index (χ0) is 12.8. The summed E-state index contributed by atoms with van der Waals surface area (Å²) in [6, 6.07) is 12.9. The maximum absolute atomic E-state index is 11.8. The van der Waals surface area contributed by atoms with Crippen LogP contribution in [0.1, 0.15) is 5.56 Å². The fourth-order valence-electron chi connectivity index (χ4n) is 1.42. The average molecular weight is 257 g/mol. The standard InChI is InChI=1S/C14H11NO2S/c16-10-12(9-11-5-2-1-3-6-11)14(17)15-13-7-4-8-18-13/h1-10H,(H,15,17). The molecule has 0 aliphatic rings. The van der Waals surface area contributed by atoms with Crippen molar-refractivity contribution < 1.29 is 9.59 Å². The molecular formula is C14H11NO2S. The lowest BCUT2D eigenvalue weighted by Crippen LogP contribution is -2.14. The number of thiophene rings is 1. The first-order valence-corrected chi connectivity index (χ1v) is 6.24. The van der Waals surface area contributed by atoms with E-state index >= 15 is 0 Å². The van der Waals surface area contributed by atoms with Gasteiger partial charge in [-0.2, -0.15) is 0 Å². The van der Waals surface area contributed by atoms with Gasteiger partial charge in [-0.3, -0.25) is 9.59 Å². The number of hydrogen-bond acceptors (Lipinski definition) is 3. The zero-order valence-electron chi connectivity index (χ0n) is 9.50. The molecule has 2 rings (SSSR count). The molecule has 0 saturated heterocycles. The molecule has 0 atom stereocenters. The molecule has 3 nitrogen and oxygen atoms in total. The Morgan fingerprint density at radius 3 is 2.50 bits per heavy atom. The SMILES string of the molecule is O=CC(=Cc1ccccc1)C(=O)Nc1cccs1. The van der Waals surface area contributed by atoms with E-state index in [9.17, 15) is 9.59 Å². The van der Waals surface area contributed by atoms with Gasteiger partial charge in [0.25, 0.3) is 5.91 Å². The van der Waals surface area contributed by atoms with E-state index in [2.05, 4.69) is 5.32 Å². The van der Waals surface area contributed by atoms with Crippen LogP contribution < -0.4 is 5.32 Å². The number of benzene rings is 1. The summed E-state index contributed by atoms with van der Waals surface area (Å²) in [6.45, 7) is 0. The summed E-state index contributed by atoms with van der Waals surface area (Å²) < 4.78 is 0.